The standard InChI is InChI=1S/C18H19N3O4/c19-10-14-6-7-15(21-11-14)17(23)16(22)8-9-20-18(24)25-12-13-4-2-1-3-5-13/h1-7,11,16-17,22-23H,8-9,12H2,(H,20,24). The number of carbonyl (C=O) groups excluding carboxylic acids is 1. The third-order valence-electron chi connectivity index (χ3n) is 3.51. The lowest BCUT2D eigenvalue weighted by Gasteiger charge is -2.17. The molecule has 1 heterocycles. The molecule has 0 bridgehead atoms. The third kappa shape index (κ3) is 5.88. The van der Waals surface area contributed by atoms with Gasteiger partial charge in [0.25, 0.3) is 0 Å². The first-order chi connectivity index (χ1) is 12.1. The molecule has 2 atom stereocenters. The SMILES string of the molecule is N#Cc1ccc(C(O)C(O)CCNC(=O)OCc2ccccc2)nc1. The molecule has 2 aromatic rings. The Hall–Kier alpha value is -2.95. The van der Waals surface area contributed by atoms with Gasteiger partial charge in [-0.15, -0.1) is 0 Å². The minimum absolute atomic E-state index is 0.128. The fraction of sp³-hybridized carbons (Fsp3) is 0.278. The van der Waals surface area contributed by atoms with Crippen molar-refractivity contribution in [1.82, 2.24) is 10.3 Å². The summed E-state index contributed by atoms with van der Waals surface area (Å²) in [6.07, 6.45) is -1.44. The Labute approximate surface area is 145 Å². The second-order valence-corrected chi connectivity index (χ2v) is 5.37. The first-order valence-corrected chi connectivity index (χ1v) is 7.77. The number of benzene rings is 1. The predicted molar refractivity (Wildman–Crippen MR) is 89.2 cm³/mol. The van der Waals surface area contributed by atoms with Crippen LogP contribution in [0.4, 0.5) is 4.79 Å². The second kappa shape index (κ2) is 9.37. The lowest BCUT2D eigenvalue weighted by atomic mass is 10.1. The second-order valence-electron chi connectivity index (χ2n) is 5.37. The maximum absolute atomic E-state index is 11.6. The molecule has 3 N–H and O–H groups in total. The molecule has 0 radical (unpaired) electrons. The van der Waals surface area contributed by atoms with Gasteiger partial charge in [0.2, 0.25) is 0 Å². The summed E-state index contributed by atoms with van der Waals surface area (Å²) in [5, 5.41) is 31.2. The molecule has 2 unspecified atom stereocenters. The molecule has 0 spiro atoms. The van der Waals surface area contributed by atoms with E-state index in [9.17, 15) is 15.0 Å². The quantitative estimate of drug-likeness (QED) is 0.705. The van der Waals surface area contributed by atoms with Crippen LogP contribution in [0.3, 0.4) is 0 Å². The van der Waals surface area contributed by atoms with Crippen LogP contribution < -0.4 is 5.32 Å². The summed E-state index contributed by atoms with van der Waals surface area (Å²) in [6, 6.07) is 14.2. The van der Waals surface area contributed by atoms with Gasteiger partial charge in [-0.1, -0.05) is 30.3 Å². The number of nitriles is 1. The largest absolute Gasteiger partial charge is 0.445 e. The zero-order valence-electron chi connectivity index (χ0n) is 13.5. The van der Waals surface area contributed by atoms with Crippen molar-refractivity contribution in [1.29, 1.82) is 5.26 Å². The van der Waals surface area contributed by atoms with E-state index in [0.29, 0.717) is 5.56 Å². The van der Waals surface area contributed by atoms with E-state index in [4.69, 9.17) is 10.00 Å². The van der Waals surface area contributed by atoms with E-state index in [2.05, 4.69) is 10.3 Å². The number of carbonyl (C=O) groups is 1. The maximum atomic E-state index is 11.6. The number of alkyl carbamates (subject to hydrolysis) is 1. The Morgan fingerprint density at radius 3 is 2.64 bits per heavy atom. The molecule has 0 aliphatic carbocycles. The van der Waals surface area contributed by atoms with E-state index >= 15 is 0 Å². The molecule has 0 aliphatic heterocycles. The number of aromatic nitrogens is 1. The fourth-order valence-electron chi connectivity index (χ4n) is 2.10. The van der Waals surface area contributed by atoms with Gasteiger partial charge in [0, 0.05) is 12.7 Å². The maximum Gasteiger partial charge on any atom is 0.407 e. The highest BCUT2D eigenvalue weighted by atomic mass is 16.5. The molecule has 1 aromatic carbocycles. The molecule has 0 fully saturated rings. The Balaban J connectivity index is 1.71. The number of hydrogen-bond acceptors (Lipinski definition) is 6. The molecule has 0 saturated heterocycles. The van der Waals surface area contributed by atoms with Gasteiger partial charge in [0.15, 0.2) is 0 Å². The number of amides is 1. The molecule has 0 aliphatic rings. The first-order valence-electron chi connectivity index (χ1n) is 7.77. The number of hydrogen-bond donors (Lipinski definition) is 3. The monoisotopic (exact) mass is 341 g/mol. The van der Waals surface area contributed by atoms with Crippen molar-refractivity contribution >= 4 is 6.09 Å². The van der Waals surface area contributed by atoms with Gasteiger partial charge in [-0.05, 0) is 24.1 Å². The van der Waals surface area contributed by atoms with Gasteiger partial charge in [0.1, 0.15) is 18.8 Å². The van der Waals surface area contributed by atoms with Gasteiger partial charge in [-0.3, -0.25) is 4.98 Å². The number of ether oxygens (including phenoxy) is 1. The number of nitrogens with one attached hydrogen (secondary N) is 1. The van der Waals surface area contributed by atoms with E-state index in [0.717, 1.165) is 5.56 Å². The smallest absolute Gasteiger partial charge is 0.407 e. The normalized spacial score (nSPS) is 12.7. The summed E-state index contributed by atoms with van der Waals surface area (Å²) in [5.41, 5.74) is 1.51. The van der Waals surface area contributed by atoms with Crippen LogP contribution in [0, 0.1) is 11.3 Å². The predicted octanol–water partition coefficient (Wildman–Crippen LogP) is 1.66. The van der Waals surface area contributed by atoms with Crippen LogP contribution in [0.15, 0.2) is 48.7 Å². The van der Waals surface area contributed by atoms with Gasteiger partial charge in [-0.25, -0.2) is 4.79 Å². The molecule has 130 valence electrons. The molecule has 1 amide bonds. The zero-order valence-corrected chi connectivity index (χ0v) is 13.5. The minimum atomic E-state index is -1.20. The Bertz CT molecular complexity index is 713. The summed E-state index contributed by atoms with van der Waals surface area (Å²) < 4.78 is 5.04. The zero-order chi connectivity index (χ0) is 18.1. The lowest BCUT2D eigenvalue weighted by molar-refractivity contribution is 0.0111. The van der Waals surface area contributed by atoms with Crippen molar-refractivity contribution in [2.75, 3.05) is 6.54 Å². The first kappa shape index (κ1) is 18.4. The van der Waals surface area contributed by atoms with Gasteiger partial charge >= 0.3 is 6.09 Å². The highest BCUT2D eigenvalue weighted by molar-refractivity contribution is 5.67. The number of rotatable bonds is 7. The average molecular weight is 341 g/mol. The van der Waals surface area contributed by atoms with Crippen molar-refractivity contribution in [2.24, 2.45) is 0 Å². The van der Waals surface area contributed by atoms with Crippen LogP contribution in [0.1, 0.15) is 29.3 Å². The van der Waals surface area contributed by atoms with E-state index in [-0.39, 0.29) is 25.3 Å². The molecule has 7 nitrogen and oxygen atoms in total. The Kier molecular flexibility index (Phi) is 6.89. The van der Waals surface area contributed by atoms with Crippen molar-refractivity contribution < 1.29 is 19.7 Å². The molecule has 2 rings (SSSR count). The number of aliphatic hydroxyl groups is 2. The van der Waals surface area contributed by atoms with Crippen LogP contribution in [-0.2, 0) is 11.3 Å². The van der Waals surface area contributed by atoms with Crippen LogP contribution in [0.25, 0.3) is 0 Å². The lowest BCUT2D eigenvalue weighted by Crippen LogP contribution is -2.30. The van der Waals surface area contributed by atoms with E-state index in [1.165, 1.54) is 18.3 Å². The van der Waals surface area contributed by atoms with Crippen LogP contribution in [0.2, 0.25) is 0 Å². The molecular weight excluding hydrogens is 322 g/mol. The number of pyridine rings is 1. The topological polar surface area (TPSA) is 115 Å². The minimum Gasteiger partial charge on any atom is -0.445 e. The molecule has 1 aromatic heterocycles. The van der Waals surface area contributed by atoms with Crippen molar-refractivity contribution in [3.63, 3.8) is 0 Å². The summed E-state index contributed by atoms with van der Waals surface area (Å²) in [4.78, 5) is 15.5. The van der Waals surface area contributed by atoms with E-state index in [1.807, 2.05) is 36.4 Å². The fourth-order valence-corrected chi connectivity index (χ4v) is 2.10. The average Bonchev–Trinajstić information content (AvgIpc) is 2.66. The summed E-state index contributed by atoms with van der Waals surface area (Å²) in [6.45, 7) is 0.301. The molecule has 25 heavy (non-hydrogen) atoms. The Morgan fingerprint density at radius 1 is 1.24 bits per heavy atom. The van der Waals surface area contributed by atoms with Crippen molar-refractivity contribution in [3.8, 4) is 6.07 Å². The van der Waals surface area contributed by atoms with Gasteiger partial charge in [0.05, 0.1) is 17.4 Å². The summed E-state index contributed by atoms with van der Waals surface area (Å²) in [5.74, 6) is 0. The molecule has 0 saturated carbocycles. The Morgan fingerprint density at radius 2 is 2.00 bits per heavy atom. The van der Waals surface area contributed by atoms with Crippen molar-refractivity contribution in [2.45, 2.75) is 25.2 Å². The van der Waals surface area contributed by atoms with Crippen LogP contribution in [0.5, 0.6) is 0 Å². The van der Waals surface area contributed by atoms with Crippen molar-refractivity contribution in [3.05, 3.63) is 65.5 Å². The summed E-state index contributed by atoms with van der Waals surface area (Å²) >= 11 is 0. The molecular formula is C18H19N3O4. The van der Waals surface area contributed by atoms with Crippen LogP contribution in [-0.4, -0.2) is 33.9 Å². The van der Waals surface area contributed by atoms with Gasteiger partial charge in [-0.2, -0.15) is 5.26 Å². The third-order valence-corrected chi connectivity index (χ3v) is 3.51. The van der Waals surface area contributed by atoms with Crippen LogP contribution >= 0.6 is 0 Å². The van der Waals surface area contributed by atoms with E-state index < -0.39 is 18.3 Å². The number of aliphatic hydroxyl groups excluding tert-OH is 2. The van der Waals surface area contributed by atoms with E-state index in [1.54, 1.807) is 0 Å². The summed E-state index contributed by atoms with van der Waals surface area (Å²) in [7, 11) is 0. The van der Waals surface area contributed by atoms with Gasteiger partial charge < -0.3 is 20.3 Å². The highest BCUT2D eigenvalue weighted by Crippen LogP contribution is 2.16. The number of nitrogens with zero attached hydrogens (tertiary/aromatic N) is 2. The highest BCUT2D eigenvalue weighted by Gasteiger charge is 2.19. The molecule has 7 heteroatoms.